The van der Waals surface area contributed by atoms with Gasteiger partial charge in [-0.05, 0) is 31.8 Å². The van der Waals surface area contributed by atoms with E-state index in [4.69, 9.17) is 11.6 Å². The van der Waals surface area contributed by atoms with Crippen LogP contribution in [0.15, 0.2) is 18.2 Å². The van der Waals surface area contributed by atoms with E-state index in [9.17, 15) is 0 Å². The van der Waals surface area contributed by atoms with Gasteiger partial charge in [-0.15, -0.1) is 0 Å². The SMILES string of the molecule is CN(C)CCN1CCN(c2ccc(CBr)c(Cl)c2)CC1. The average molecular weight is 361 g/mol. The smallest absolute Gasteiger partial charge is 0.0467 e. The Morgan fingerprint density at radius 1 is 1.20 bits per heavy atom. The van der Waals surface area contributed by atoms with Crippen molar-refractivity contribution in [1.29, 1.82) is 0 Å². The molecule has 0 aromatic heterocycles. The lowest BCUT2D eigenvalue weighted by atomic mass is 10.2. The van der Waals surface area contributed by atoms with Crippen molar-refractivity contribution in [2.45, 2.75) is 5.33 Å². The summed E-state index contributed by atoms with van der Waals surface area (Å²) in [4.78, 5) is 7.20. The first-order valence-corrected chi connectivity index (χ1v) is 8.56. The lowest BCUT2D eigenvalue weighted by molar-refractivity contribution is 0.229. The Labute approximate surface area is 135 Å². The van der Waals surface area contributed by atoms with Gasteiger partial charge in [0.05, 0.1) is 0 Å². The summed E-state index contributed by atoms with van der Waals surface area (Å²) in [6.45, 7) is 6.71. The zero-order valence-corrected chi connectivity index (χ0v) is 14.6. The van der Waals surface area contributed by atoms with Gasteiger partial charge in [-0.1, -0.05) is 33.6 Å². The molecule has 0 amide bonds. The molecule has 0 spiro atoms. The van der Waals surface area contributed by atoms with Crippen LogP contribution in [0.1, 0.15) is 5.56 Å². The van der Waals surface area contributed by atoms with Crippen molar-refractivity contribution < 1.29 is 0 Å². The van der Waals surface area contributed by atoms with Gasteiger partial charge in [0.15, 0.2) is 0 Å². The summed E-state index contributed by atoms with van der Waals surface area (Å²) >= 11 is 9.75. The highest BCUT2D eigenvalue weighted by Crippen LogP contribution is 2.26. The van der Waals surface area contributed by atoms with E-state index in [1.54, 1.807) is 0 Å². The van der Waals surface area contributed by atoms with E-state index < -0.39 is 0 Å². The van der Waals surface area contributed by atoms with Crippen LogP contribution in [0, 0.1) is 0 Å². The van der Waals surface area contributed by atoms with Crippen LogP contribution in [0.4, 0.5) is 5.69 Å². The normalized spacial score (nSPS) is 16.9. The fourth-order valence-corrected chi connectivity index (χ4v) is 3.30. The number of hydrogen-bond acceptors (Lipinski definition) is 3. The largest absolute Gasteiger partial charge is 0.369 e. The summed E-state index contributed by atoms with van der Waals surface area (Å²) < 4.78 is 0. The van der Waals surface area contributed by atoms with Crippen molar-refractivity contribution >= 4 is 33.2 Å². The summed E-state index contributed by atoms with van der Waals surface area (Å²) in [6.07, 6.45) is 0. The number of piperazine rings is 1. The fourth-order valence-electron chi connectivity index (χ4n) is 2.41. The molecule has 0 unspecified atom stereocenters. The molecule has 1 aromatic rings. The second kappa shape index (κ2) is 7.64. The maximum absolute atomic E-state index is 6.29. The van der Waals surface area contributed by atoms with E-state index in [0.717, 1.165) is 55.2 Å². The van der Waals surface area contributed by atoms with Crippen molar-refractivity contribution in [3.63, 3.8) is 0 Å². The van der Waals surface area contributed by atoms with Crippen LogP contribution in [0.25, 0.3) is 0 Å². The molecule has 1 aromatic carbocycles. The highest BCUT2D eigenvalue weighted by molar-refractivity contribution is 9.08. The van der Waals surface area contributed by atoms with E-state index in [1.165, 1.54) is 5.69 Å². The van der Waals surface area contributed by atoms with Gasteiger partial charge in [0.25, 0.3) is 0 Å². The quantitative estimate of drug-likeness (QED) is 0.748. The summed E-state index contributed by atoms with van der Waals surface area (Å²) in [5.41, 5.74) is 2.40. The number of likely N-dealkylation sites (N-methyl/N-ethyl adjacent to an activating group) is 1. The van der Waals surface area contributed by atoms with Crippen molar-refractivity contribution in [3.05, 3.63) is 28.8 Å². The zero-order chi connectivity index (χ0) is 14.5. The van der Waals surface area contributed by atoms with E-state index in [1.807, 2.05) is 0 Å². The van der Waals surface area contributed by atoms with E-state index in [0.29, 0.717) is 0 Å². The Kier molecular flexibility index (Phi) is 6.15. The average Bonchev–Trinajstić information content (AvgIpc) is 2.45. The molecule has 0 saturated carbocycles. The number of nitrogens with zero attached hydrogens (tertiary/aromatic N) is 3. The second-order valence-electron chi connectivity index (χ2n) is 5.54. The minimum atomic E-state index is 0.810. The summed E-state index contributed by atoms with van der Waals surface area (Å²) in [5.74, 6) is 0. The lowest BCUT2D eigenvalue weighted by Crippen LogP contribution is -2.48. The van der Waals surface area contributed by atoms with Gasteiger partial charge in [0.2, 0.25) is 0 Å². The number of hydrogen-bond donors (Lipinski definition) is 0. The van der Waals surface area contributed by atoms with Crippen LogP contribution in [-0.2, 0) is 5.33 Å². The number of halogens is 2. The molecule has 1 saturated heterocycles. The van der Waals surface area contributed by atoms with Crippen molar-refractivity contribution in [2.24, 2.45) is 0 Å². The standard InChI is InChI=1S/C15H23BrClN3/c1-18(2)5-6-19-7-9-20(10-8-19)14-4-3-13(12-16)15(17)11-14/h3-4,11H,5-10,12H2,1-2H3. The van der Waals surface area contributed by atoms with Crippen LogP contribution in [0.2, 0.25) is 5.02 Å². The molecule has 0 radical (unpaired) electrons. The van der Waals surface area contributed by atoms with Crippen LogP contribution < -0.4 is 4.90 Å². The molecule has 1 aliphatic rings. The third kappa shape index (κ3) is 4.35. The van der Waals surface area contributed by atoms with E-state index >= 15 is 0 Å². The first kappa shape index (κ1) is 16.1. The highest BCUT2D eigenvalue weighted by atomic mass is 79.9. The fraction of sp³-hybridized carbons (Fsp3) is 0.600. The summed E-state index contributed by atoms with van der Waals surface area (Å²) in [5, 5.41) is 1.67. The molecule has 20 heavy (non-hydrogen) atoms. The van der Waals surface area contributed by atoms with Gasteiger partial charge in [-0.2, -0.15) is 0 Å². The molecule has 0 aliphatic carbocycles. The Morgan fingerprint density at radius 2 is 1.90 bits per heavy atom. The van der Waals surface area contributed by atoms with Crippen molar-refractivity contribution in [1.82, 2.24) is 9.80 Å². The van der Waals surface area contributed by atoms with Crippen LogP contribution in [-0.4, -0.2) is 63.2 Å². The number of rotatable bonds is 5. The van der Waals surface area contributed by atoms with E-state index in [-0.39, 0.29) is 0 Å². The molecule has 1 aliphatic heterocycles. The summed E-state index contributed by atoms with van der Waals surface area (Å²) in [7, 11) is 4.26. The molecule has 5 heteroatoms. The number of anilines is 1. The number of benzene rings is 1. The molecule has 0 atom stereocenters. The maximum atomic E-state index is 6.29. The molecule has 3 nitrogen and oxygen atoms in total. The predicted molar refractivity (Wildman–Crippen MR) is 91.3 cm³/mol. The van der Waals surface area contributed by atoms with Crippen LogP contribution in [0.5, 0.6) is 0 Å². The summed E-state index contributed by atoms with van der Waals surface area (Å²) in [6, 6.07) is 6.39. The molecule has 0 N–H and O–H groups in total. The third-order valence-electron chi connectivity index (χ3n) is 3.78. The topological polar surface area (TPSA) is 9.72 Å². The molecule has 1 fully saturated rings. The maximum Gasteiger partial charge on any atom is 0.0467 e. The van der Waals surface area contributed by atoms with Gasteiger partial charge >= 0.3 is 0 Å². The molecule has 1 heterocycles. The zero-order valence-electron chi connectivity index (χ0n) is 12.3. The van der Waals surface area contributed by atoms with Crippen LogP contribution >= 0.6 is 27.5 Å². The molecule has 0 bridgehead atoms. The lowest BCUT2D eigenvalue weighted by Gasteiger charge is -2.36. The minimum absolute atomic E-state index is 0.810. The molecular weight excluding hydrogens is 338 g/mol. The van der Waals surface area contributed by atoms with Gasteiger partial charge in [-0.25, -0.2) is 0 Å². The van der Waals surface area contributed by atoms with Gasteiger partial charge in [0.1, 0.15) is 0 Å². The highest BCUT2D eigenvalue weighted by Gasteiger charge is 2.17. The Hall–Kier alpha value is -0.290. The predicted octanol–water partition coefficient (Wildman–Crippen LogP) is 2.92. The number of alkyl halides is 1. The molecular formula is C15H23BrClN3. The van der Waals surface area contributed by atoms with E-state index in [2.05, 4.69) is 62.9 Å². The molecule has 112 valence electrons. The monoisotopic (exact) mass is 359 g/mol. The minimum Gasteiger partial charge on any atom is -0.369 e. The van der Waals surface area contributed by atoms with Crippen molar-refractivity contribution in [2.75, 3.05) is 58.3 Å². The first-order chi connectivity index (χ1) is 9.60. The van der Waals surface area contributed by atoms with Crippen molar-refractivity contribution in [3.8, 4) is 0 Å². The Morgan fingerprint density at radius 3 is 2.45 bits per heavy atom. The first-order valence-electron chi connectivity index (χ1n) is 7.06. The second-order valence-corrected chi connectivity index (χ2v) is 6.51. The Balaban J connectivity index is 1.88. The molecule has 2 rings (SSSR count). The third-order valence-corrected chi connectivity index (χ3v) is 4.74. The van der Waals surface area contributed by atoms with Gasteiger partial charge in [0, 0.05) is 55.3 Å². The van der Waals surface area contributed by atoms with Gasteiger partial charge in [-0.3, -0.25) is 4.90 Å². The van der Waals surface area contributed by atoms with Gasteiger partial charge < -0.3 is 9.80 Å². The Bertz CT molecular complexity index is 431. The van der Waals surface area contributed by atoms with Crippen LogP contribution in [0.3, 0.4) is 0 Å².